The van der Waals surface area contributed by atoms with Gasteiger partial charge in [-0.25, -0.2) is 0 Å². The molecule has 3 nitrogen and oxygen atoms in total. The molecule has 20 heavy (non-hydrogen) atoms. The Hall–Kier alpha value is -1.29. The number of thioether (sulfide) groups is 1. The van der Waals surface area contributed by atoms with Gasteiger partial charge < -0.3 is 5.32 Å². The number of nitrogens with one attached hydrogen (secondary N) is 1. The van der Waals surface area contributed by atoms with Crippen molar-refractivity contribution in [3.05, 3.63) is 35.9 Å². The third-order valence-corrected chi connectivity index (χ3v) is 4.09. The first-order valence-electron chi connectivity index (χ1n) is 7.00. The van der Waals surface area contributed by atoms with Gasteiger partial charge in [0.2, 0.25) is 5.91 Å². The summed E-state index contributed by atoms with van der Waals surface area (Å²) >= 11 is 1.37. The molecule has 0 aliphatic heterocycles. The molecule has 1 N–H and O–H groups in total. The molecule has 0 radical (unpaired) electrons. The summed E-state index contributed by atoms with van der Waals surface area (Å²) in [6.45, 7) is 6.26. The van der Waals surface area contributed by atoms with Gasteiger partial charge in [-0.1, -0.05) is 51.1 Å². The third-order valence-electron chi connectivity index (χ3n) is 3.15. The largest absolute Gasteiger partial charge is 0.352 e. The van der Waals surface area contributed by atoms with Gasteiger partial charge in [-0.15, -0.1) is 11.8 Å². The van der Waals surface area contributed by atoms with Gasteiger partial charge in [0.15, 0.2) is 5.78 Å². The fourth-order valence-corrected chi connectivity index (χ4v) is 2.66. The highest BCUT2D eigenvalue weighted by atomic mass is 32.2. The Bertz CT molecular complexity index is 431. The number of hydrogen-bond acceptors (Lipinski definition) is 3. The van der Waals surface area contributed by atoms with Crippen LogP contribution >= 0.6 is 11.8 Å². The second kappa shape index (κ2) is 8.80. The average molecular weight is 293 g/mol. The molecule has 0 saturated heterocycles. The smallest absolute Gasteiger partial charge is 0.230 e. The van der Waals surface area contributed by atoms with Crippen LogP contribution < -0.4 is 5.32 Å². The van der Waals surface area contributed by atoms with Crippen LogP contribution in [-0.2, 0) is 4.79 Å². The van der Waals surface area contributed by atoms with Crippen LogP contribution in [-0.4, -0.2) is 29.2 Å². The van der Waals surface area contributed by atoms with Gasteiger partial charge in [0.1, 0.15) is 0 Å². The minimum atomic E-state index is 0.0106. The van der Waals surface area contributed by atoms with Crippen LogP contribution in [0, 0.1) is 5.92 Å². The highest BCUT2D eigenvalue weighted by molar-refractivity contribution is 8.00. The number of ketones is 1. The minimum absolute atomic E-state index is 0.0106. The van der Waals surface area contributed by atoms with Gasteiger partial charge in [-0.2, -0.15) is 0 Å². The minimum Gasteiger partial charge on any atom is -0.352 e. The standard InChI is InChI=1S/C16H23NO2S/c1-4-14(12(2)3)17-16(19)11-20-10-15(18)13-8-6-5-7-9-13/h5-9,12,14H,4,10-11H2,1-3H3,(H,17,19)/t14-/m1/s1. The van der Waals surface area contributed by atoms with E-state index in [-0.39, 0.29) is 17.7 Å². The molecule has 0 heterocycles. The molecule has 4 heteroatoms. The molecule has 110 valence electrons. The number of hydrogen-bond donors (Lipinski definition) is 1. The quantitative estimate of drug-likeness (QED) is 0.749. The zero-order chi connectivity index (χ0) is 15.0. The zero-order valence-corrected chi connectivity index (χ0v) is 13.2. The van der Waals surface area contributed by atoms with Gasteiger partial charge in [0.05, 0.1) is 11.5 Å². The van der Waals surface area contributed by atoms with Crippen molar-refractivity contribution in [3.63, 3.8) is 0 Å². The molecule has 0 fully saturated rings. The summed E-state index contributed by atoms with van der Waals surface area (Å²) in [5, 5.41) is 3.01. The fraction of sp³-hybridized carbons (Fsp3) is 0.500. The van der Waals surface area contributed by atoms with Crippen LogP contribution in [0.3, 0.4) is 0 Å². The molecule has 0 aliphatic carbocycles. The molecule has 1 aromatic rings. The van der Waals surface area contributed by atoms with Crippen molar-refractivity contribution in [2.24, 2.45) is 5.92 Å². The summed E-state index contributed by atoms with van der Waals surface area (Å²) in [7, 11) is 0. The number of carbonyl (C=O) groups is 2. The molecule has 1 rings (SSSR count). The van der Waals surface area contributed by atoms with E-state index in [4.69, 9.17) is 0 Å². The van der Waals surface area contributed by atoms with Crippen LogP contribution in [0.5, 0.6) is 0 Å². The van der Waals surface area contributed by atoms with E-state index in [9.17, 15) is 9.59 Å². The van der Waals surface area contributed by atoms with E-state index >= 15 is 0 Å². The number of rotatable bonds is 8. The lowest BCUT2D eigenvalue weighted by molar-refractivity contribution is -0.119. The van der Waals surface area contributed by atoms with Crippen molar-refractivity contribution in [3.8, 4) is 0 Å². The Morgan fingerprint density at radius 2 is 1.80 bits per heavy atom. The lowest BCUT2D eigenvalue weighted by atomic mass is 10.0. The van der Waals surface area contributed by atoms with E-state index in [0.717, 1.165) is 6.42 Å². The van der Waals surface area contributed by atoms with Crippen molar-refractivity contribution in [2.75, 3.05) is 11.5 Å². The first kappa shape index (κ1) is 16.8. The Kier molecular flexibility index (Phi) is 7.37. The number of Topliss-reactive ketones (excluding diaryl/α,β-unsaturated/α-hetero) is 1. The van der Waals surface area contributed by atoms with E-state index in [1.54, 1.807) is 12.1 Å². The van der Waals surface area contributed by atoms with Crippen LogP contribution in [0.1, 0.15) is 37.6 Å². The molecule has 0 aromatic heterocycles. The predicted octanol–water partition coefficient (Wildman–Crippen LogP) is 3.15. The van der Waals surface area contributed by atoms with Gasteiger partial charge >= 0.3 is 0 Å². The lowest BCUT2D eigenvalue weighted by Gasteiger charge is -2.20. The van der Waals surface area contributed by atoms with Crippen molar-refractivity contribution < 1.29 is 9.59 Å². The Labute approximate surface area is 125 Å². The zero-order valence-electron chi connectivity index (χ0n) is 12.4. The average Bonchev–Trinajstić information content (AvgIpc) is 2.45. The molecule has 0 spiro atoms. The van der Waals surface area contributed by atoms with Crippen molar-refractivity contribution in [1.82, 2.24) is 5.32 Å². The maximum Gasteiger partial charge on any atom is 0.230 e. The second-order valence-corrected chi connectivity index (χ2v) is 6.09. The summed E-state index contributed by atoms with van der Waals surface area (Å²) < 4.78 is 0. The fourth-order valence-electron chi connectivity index (χ4n) is 1.93. The molecule has 1 atom stereocenters. The van der Waals surface area contributed by atoms with Gasteiger partial charge in [-0.3, -0.25) is 9.59 Å². The lowest BCUT2D eigenvalue weighted by Crippen LogP contribution is -2.39. The van der Waals surface area contributed by atoms with E-state index in [1.807, 2.05) is 18.2 Å². The second-order valence-electron chi connectivity index (χ2n) is 5.11. The molecule has 0 aliphatic rings. The molecule has 1 amide bonds. The van der Waals surface area contributed by atoms with Gasteiger partial charge in [0, 0.05) is 11.6 Å². The molecular formula is C16H23NO2S. The Morgan fingerprint density at radius 1 is 1.15 bits per heavy atom. The van der Waals surface area contributed by atoms with E-state index in [2.05, 4.69) is 26.1 Å². The van der Waals surface area contributed by atoms with Crippen molar-refractivity contribution in [2.45, 2.75) is 33.2 Å². The summed E-state index contributed by atoms with van der Waals surface area (Å²) in [5.41, 5.74) is 0.703. The Morgan fingerprint density at radius 3 is 2.35 bits per heavy atom. The van der Waals surface area contributed by atoms with E-state index in [0.29, 0.717) is 23.0 Å². The highest BCUT2D eigenvalue weighted by Crippen LogP contribution is 2.09. The number of benzene rings is 1. The van der Waals surface area contributed by atoms with Crippen molar-refractivity contribution >= 4 is 23.5 Å². The van der Waals surface area contributed by atoms with Crippen LogP contribution in [0.4, 0.5) is 0 Å². The number of carbonyl (C=O) groups excluding carboxylic acids is 2. The normalized spacial score (nSPS) is 12.2. The molecular weight excluding hydrogens is 270 g/mol. The first-order valence-corrected chi connectivity index (χ1v) is 8.15. The highest BCUT2D eigenvalue weighted by Gasteiger charge is 2.14. The first-order chi connectivity index (χ1) is 9.54. The Balaban J connectivity index is 2.30. The molecule has 0 bridgehead atoms. The maximum absolute atomic E-state index is 11.9. The molecule has 1 aromatic carbocycles. The molecule has 0 saturated carbocycles. The van der Waals surface area contributed by atoms with E-state index < -0.39 is 0 Å². The van der Waals surface area contributed by atoms with Crippen LogP contribution in [0.25, 0.3) is 0 Å². The summed E-state index contributed by atoms with van der Waals surface area (Å²) in [4.78, 5) is 23.7. The maximum atomic E-state index is 11.9. The summed E-state index contributed by atoms with van der Waals surface area (Å²) in [6.07, 6.45) is 0.928. The predicted molar refractivity (Wildman–Crippen MR) is 85.2 cm³/mol. The van der Waals surface area contributed by atoms with Crippen LogP contribution in [0.2, 0.25) is 0 Å². The number of amides is 1. The van der Waals surface area contributed by atoms with Crippen LogP contribution in [0.15, 0.2) is 30.3 Å². The SMILES string of the molecule is CC[C@@H](NC(=O)CSCC(=O)c1ccccc1)C(C)C. The van der Waals surface area contributed by atoms with Gasteiger partial charge in [-0.05, 0) is 12.3 Å². The van der Waals surface area contributed by atoms with Gasteiger partial charge in [0.25, 0.3) is 0 Å². The summed E-state index contributed by atoms with van der Waals surface area (Å²) in [5.74, 6) is 1.19. The molecule has 0 unspecified atom stereocenters. The monoisotopic (exact) mass is 293 g/mol. The summed E-state index contributed by atoms with van der Waals surface area (Å²) in [6, 6.07) is 9.39. The topological polar surface area (TPSA) is 46.2 Å². The van der Waals surface area contributed by atoms with E-state index in [1.165, 1.54) is 11.8 Å². The third kappa shape index (κ3) is 5.78. The van der Waals surface area contributed by atoms with Crippen molar-refractivity contribution in [1.29, 1.82) is 0 Å².